The van der Waals surface area contributed by atoms with E-state index in [1.807, 2.05) is 11.0 Å². The van der Waals surface area contributed by atoms with Crippen molar-refractivity contribution < 1.29 is 18.3 Å². The van der Waals surface area contributed by atoms with E-state index in [0.717, 1.165) is 17.4 Å². The van der Waals surface area contributed by atoms with E-state index in [2.05, 4.69) is 40.6 Å². The predicted octanol–water partition coefficient (Wildman–Crippen LogP) is 1.25. The van der Waals surface area contributed by atoms with Gasteiger partial charge in [-0.15, -0.1) is 15.3 Å². The minimum absolute atomic E-state index is 0.101. The van der Waals surface area contributed by atoms with Crippen LogP contribution in [0.3, 0.4) is 0 Å². The number of tetrazole rings is 1. The summed E-state index contributed by atoms with van der Waals surface area (Å²) >= 11 is 1.05. The molecular weight excluding hydrogens is 574 g/mol. The molecule has 0 bridgehead atoms. The number of rotatable bonds is 8. The molecule has 42 heavy (non-hydrogen) atoms. The summed E-state index contributed by atoms with van der Waals surface area (Å²) in [5.74, 6) is -0.735. The highest BCUT2D eigenvalue weighted by atomic mass is 32.1. The minimum Gasteiger partial charge on any atom is -0.490 e. The van der Waals surface area contributed by atoms with Crippen molar-refractivity contribution >= 4 is 39.0 Å². The van der Waals surface area contributed by atoms with Gasteiger partial charge in [0.05, 0.1) is 11.9 Å². The molecule has 1 unspecified atom stereocenters. The molecule has 18 heteroatoms. The summed E-state index contributed by atoms with van der Waals surface area (Å²) in [6.45, 7) is 3.05. The van der Waals surface area contributed by atoms with Crippen molar-refractivity contribution in [2.45, 2.75) is 25.7 Å². The first-order chi connectivity index (χ1) is 20.4. The number of hydrogen-bond donors (Lipinski definition) is 2. The van der Waals surface area contributed by atoms with Crippen LogP contribution in [0.15, 0.2) is 29.3 Å². The van der Waals surface area contributed by atoms with E-state index in [1.165, 1.54) is 10.6 Å². The van der Waals surface area contributed by atoms with Crippen molar-refractivity contribution in [3.05, 3.63) is 57.4 Å². The molecular formula is C24H24F2N12O3S. The second kappa shape index (κ2) is 10.6. The number of ether oxygens (including phenoxy) is 2. The van der Waals surface area contributed by atoms with Crippen LogP contribution in [-0.2, 0) is 17.9 Å². The second-order valence-electron chi connectivity index (χ2n) is 9.76. The van der Waals surface area contributed by atoms with Crippen molar-refractivity contribution in [2.24, 2.45) is 0 Å². The molecule has 15 nitrogen and oxygen atoms in total. The third-order valence-electron chi connectivity index (χ3n) is 7.21. The van der Waals surface area contributed by atoms with Gasteiger partial charge in [0.15, 0.2) is 41.4 Å². The zero-order chi connectivity index (χ0) is 28.8. The number of nitrogen functional groups attached to an aromatic ring is 1. The van der Waals surface area contributed by atoms with Crippen LogP contribution in [0.1, 0.15) is 24.2 Å². The first-order valence-corrected chi connectivity index (χ1v) is 13.9. The van der Waals surface area contributed by atoms with Crippen molar-refractivity contribution in [3.8, 4) is 5.75 Å². The lowest BCUT2D eigenvalue weighted by molar-refractivity contribution is 0.164. The maximum Gasteiger partial charge on any atom is 0.309 e. The van der Waals surface area contributed by atoms with Crippen LogP contribution >= 0.6 is 11.3 Å². The first kappa shape index (κ1) is 26.2. The van der Waals surface area contributed by atoms with Gasteiger partial charge in [-0.1, -0.05) is 16.6 Å². The van der Waals surface area contributed by atoms with Gasteiger partial charge in [0.25, 0.3) is 0 Å². The fraction of sp³-hybridized carbons (Fsp3) is 0.375. The van der Waals surface area contributed by atoms with Gasteiger partial charge in [0.1, 0.15) is 10.5 Å². The molecule has 2 aliphatic rings. The number of benzene rings is 1. The molecule has 0 amide bonds. The highest BCUT2D eigenvalue weighted by Crippen LogP contribution is 2.30. The van der Waals surface area contributed by atoms with Gasteiger partial charge in [0.2, 0.25) is 11.8 Å². The number of H-pyrrole nitrogens is 1. The maximum atomic E-state index is 14.7. The number of nitrogens with one attached hydrogen (secondary N) is 1. The van der Waals surface area contributed by atoms with Gasteiger partial charge >= 0.3 is 4.87 Å². The Bertz CT molecular complexity index is 1840. The average Bonchev–Trinajstić information content (AvgIpc) is 3.79. The summed E-state index contributed by atoms with van der Waals surface area (Å²) in [5.41, 5.74) is 7.37. The summed E-state index contributed by atoms with van der Waals surface area (Å²) in [7, 11) is 0. The SMILES string of the molecule is Nc1nc2c(sc(=O)n2CCN2CCN(c3cc(OCc4nn[nH]n4)c(F)cc3F)CC2)c2nc(C3CC=CO3)nn12. The van der Waals surface area contributed by atoms with Crippen molar-refractivity contribution in [3.63, 3.8) is 0 Å². The Morgan fingerprint density at radius 2 is 1.98 bits per heavy atom. The van der Waals surface area contributed by atoms with E-state index in [1.54, 1.807) is 10.8 Å². The van der Waals surface area contributed by atoms with Crippen LogP contribution in [0.2, 0.25) is 0 Å². The molecule has 4 aromatic heterocycles. The monoisotopic (exact) mass is 598 g/mol. The zero-order valence-corrected chi connectivity index (χ0v) is 22.8. The third kappa shape index (κ3) is 4.77. The van der Waals surface area contributed by atoms with Crippen LogP contribution in [-0.4, -0.2) is 82.4 Å². The van der Waals surface area contributed by atoms with Crippen molar-refractivity contribution in [1.82, 2.24) is 49.7 Å². The molecule has 1 atom stereocenters. The van der Waals surface area contributed by atoms with Gasteiger partial charge in [0, 0.05) is 57.8 Å². The first-order valence-electron chi connectivity index (χ1n) is 13.1. The van der Waals surface area contributed by atoms with Crippen LogP contribution in [0.5, 0.6) is 5.75 Å². The van der Waals surface area contributed by atoms with Gasteiger partial charge in [-0.2, -0.15) is 14.7 Å². The number of hydrogen-bond acceptors (Lipinski definition) is 13. The predicted molar refractivity (Wildman–Crippen MR) is 146 cm³/mol. The van der Waals surface area contributed by atoms with Crippen LogP contribution in [0.4, 0.5) is 20.4 Å². The molecule has 1 saturated heterocycles. The number of piperazine rings is 1. The Morgan fingerprint density at radius 1 is 1.12 bits per heavy atom. The molecule has 2 aliphatic heterocycles. The lowest BCUT2D eigenvalue weighted by atomic mass is 10.2. The van der Waals surface area contributed by atoms with E-state index in [4.69, 9.17) is 15.2 Å². The number of nitrogens with two attached hydrogens (primary N) is 1. The molecule has 1 aromatic carbocycles. The Hall–Kier alpha value is -4.71. The summed E-state index contributed by atoms with van der Waals surface area (Å²) in [5, 5.41) is 17.7. The lowest BCUT2D eigenvalue weighted by Gasteiger charge is -2.36. The highest BCUT2D eigenvalue weighted by Gasteiger charge is 2.25. The molecule has 218 valence electrons. The normalized spacial score (nSPS) is 17.5. The van der Waals surface area contributed by atoms with Gasteiger partial charge in [-0.25, -0.2) is 13.8 Å². The number of aromatic nitrogens is 9. The fourth-order valence-electron chi connectivity index (χ4n) is 5.04. The highest BCUT2D eigenvalue weighted by molar-refractivity contribution is 7.17. The molecule has 0 aliphatic carbocycles. The average molecular weight is 599 g/mol. The largest absolute Gasteiger partial charge is 0.490 e. The smallest absolute Gasteiger partial charge is 0.309 e. The van der Waals surface area contributed by atoms with E-state index in [-0.39, 0.29) is 40.8 Å². The topological polar surface area (TPSA) is 170 Å². The number of halogens is 2. The van der Waals surface area contributed by atoms with Gasteiger partial charge in [-0.3, -0.25) is 14.3 Å². The number of fused-ring (bicyclic) bond motifs is 3. The maximum absolute atomic E-state index is 14.7. The van der Waals surface area contributed by atoms with Crippen LogP contribution in [0.25, 0.3) is 16.0 Å². The van der Waals surface area contributed by atoms with Gasteiger partial charge in [-0.05, 0) is 6.08 Å². The Morgan fingerprint density at radius 3 is 2.74 bits per heavy atom. The fourth-order valence-corrected chi connectivity index (χ4v) is 5.97. The molecule has 5 aromatic rings. The van der Waals surface area contributed by atoms with Crippen molar-refractivity contribution in [2.75, 3.05) is 43.4 Å². The van der Waals surface area contributed by atoms with Gasteiger partial charge < -0.3 is 20.1 Å². The molecule has 0 spiro atoms. The summed E-state index contributed by atoms with van der Waals surface area (Å²) in [4.78, 5) is 25.9. The zero-order valence-electron chi connectivity index (χ0n) is 22.0. The molecule has 0 saturated carbocycles. The summed E-state index contributed by atoms with van der Waals surface area (Å²) in [6, 6.07) is 2.16. The number of thiazole rings is 1. The molecule has 7 rings (SSSR count). The number of nitrogens with zero attached hydrogens (tertiary/aromatic N) is 10. The van der Waals surface area contributed by atoms with Crippen LogP contribution in [0, 0.1) is 11.6 Å². The van der Waals surface area contributed by atoms with E-state index >= 15 is 0 Å². The Balaban J connectivity index is 1.03. The number of anilines is 2. The summed E-state index contributed by atoms with van der Waals surface area (Å²) in [6.07, 6.45) is 3.87. The molecule has 3 N–H and O–H groups in total. The van der Waals surface area contributed by atoms with Crippen LogP contribution < -0.4 is 20.2 Å². The van der Waals surface area contributed by atoms with E-state index < -0.39 is 11.6 Å². The standard InChI is InChI=1S/C24H24F2N12O3S/c25-13-10-14(26)17(41-12-18-30-33-34-31-18)11-15(13)36-6-3-35(4-7-36)5-8-37-21-19(42-24(37)39)22-28-20(16-2-1-9-40-16)32-38(22)23(27)29-21/h1,9-11,16H,2-8,12H2,(H2,27,29)(H,30,31,33,34). The molecule has 1 fully saturated rings. The molecule has 6 heterocycles. The van der Waals surface area contributed by atoms with E-state index in [0.29, 0.717) is 67.5 Å². The van der Waals surface area contributed by atoms with Crippen molar-refractivity contribution in [1.29, 1.82) is 0 Å². The third-order valence-corrected chi connectivity index (χ3v) is 8.17. The molecule has 0 radical (unpaired) electrons. The Kier molecular flexibility index (Phi) is 6.62. The van der Waals surface area contributed by atoms with E-state index in [9.17, 15) is 13.6 Å². The lowest BCUT2D eigenvalue weighted by Crippen LogP contribution is -2.47. The quantitative estimate of drug-likeness (QED) is 0.262. The number of aromatic amines is 1. The Labute approximate surface area is 239 Å². The second-order valence-corrected chi connectivity index (χ2v) is 10.7. The minimum atomic E-state index is -0.815. The summed E-state index contributed by atoms with van der Waals surface area (Å²) < 4.78 is 43.7.